The van der Waals surface area contributed by atoms with Crippen LogP contribution in [0, 0.1) is 5.82 Å². The standard InChI is InChI=1S/C24H19FN4O4/c1-32-17-7-4-15(5-8-17)19-12-21(22-3-2-10-33-22)29(27-19)23(30)13-28-14-26-20-11-16(25)6-9-18(20)24(28)31/h2-11,14,21H,12-13H2,1H3. The van der Waals surface area contributed by atoms with Crippen molar-refractivity contribution in [2.75, 3.05) is 7.11 Å². The fourth-order valence-electron chi connectivity index (χ4n) is 3.86. The van der Waals surface area contributed by atoms with Gasteiger partial charge in [0.1, 0.15) is 29.9 Å². The van der Waals surface area contributed by atoms with E-state index in [0.29, 0.717) is 17.9 Å². The molecule has 1 aliphatic heterocycles. The second kappa shape index (κ2) is 8.34. The Bertz CT molecular complexity index is 1410. The third kappa shape index (κ3) is 3.89. The van der Waals surface area contributed by atoms with E-state index in [2.05, 4.69) is 10.1 Å². The largest absolute Gasteiger partial charge is 0.497 e. The van der Waals surface area contributed by atoms with Crippen molar-refractivity contribution in [3.63, 3.8) is 0 Å². The lowest BCUT2D eigenvalue weighted by atomic mass is 10.0. The highest BCUT2D eigenvalue weighted by Crippen LogP contribution is 2.33. The van der Waals surface area contributed by atoms with Gasteiger partial charge in [0.2, 0.25) is 0 Å². The number of nitrogens with zero attached hydrogens (tertiary/aromatic N) is 4. The monoisotopic (exact) mass is 446 g/mol. The molecule has 8 nitrogen and oxygen atoms in total. The molecule has 5 rings (SSSR count). The molecule has 2 aromatic carbocycles. The molecule has 1 amide bonds. The molecule has 1 aliphatic rings. The van der Waals surface area contributed by atoms with Crippen LogP contribution in [0.15, 0.2) is 81.5 Å². The van der Waals surface area contributed by atoms with E-state index in [9.17, 15) is 14.0 Å². The third-order valence-electron chi connectivity index (χ3n) is 5.55. The van der Waals surface area contributed by atoms with Gasteiger partial charge in [0, 0.05) is 12.5 Å². The highest BCUT2D eigenvalue weighted by Gasteiger charge is 2.35. The SMILES string of the molecule is COc1ccc(C2=NN(C(=O)Cn3cnc4cc(F)ccc4c3=O)C(c3ccco3)C2)cc1. The fourth-order valence-corrected chi connectivity index (χ4v) is 3.86. The summed E-state index contributed by atoms with van der Waals surface area (Å²) in [5.74, 6) is 0.429. The molecular weight excluding hydrogens is 427 g/mol. The number of furan rings is 1. The van der Waals surface area contributed by atoms with Crippen molar-refractivity contribution >= 4 is 22.5 Å². The van der Waals surface area contributed by atoms with Crippen molar-refractivity contribution in [3.8, 4) is 5.75 Å². The normalized spacial score (nSPS) is 15.6. The van der Waals surface area contributed by atoms with Crippen LogP contribution in [0.4, 0.5) is 4.39 Å². The van der Waals surface area contributed by atoms with Crippen molar-refractivity contribution in [1.82, 2.24) is 14.6 Å². The second-order valence-electron chi connectivity index (χ2n) is 7.59. The Morgan fingerprint density at radius 3 is 2.76 bits per heavy atom. The number of aromatic nitrogens is 2. The molecule has 0 spiro atoms. The molecule has 9 heteroatoms. The van der Waals surface area contributed by atoms with Gasteiger partial charge in [-0.15, -0.1) is 0 Å². The topological polar surface area (TPSA) is 89.9 Å². The maximum atomic E-state index is 13.4. The Hall–Kier alpha value is -4.27. The first-order valence-electron chi connectivity index (χ1n) is 10.3. The van der Waals surface area contributed by atoms with Gasteiger partial charge in [-0.25, -0.2) is 14.4 Å². The van der Waals surface area contributed by atoms with Crippen LogP contribution in [0.25, 0.3) is 10.9 Å². The molecule has 0 bridgehead atoms. The molecule has 1 unspecified atom stereocenters. The number of fused-ring (bicyclic) bond motifs is 1. The van der Waals surface area contributed by atoms with Crippen molar-refractivity contribution in [2.45, 2.75) is 19.0 Å². The van der Waals surface area contributed by atoms with Gasteiger partial charge < -0.3 is 9.15 Å². The van der Waals surface area contributed by atoms with Gasteiger partial charge in [0.15, 0.2) is 0 Å². The maximum Gasteiger partial charge on any atom is 0.263 e. The Balaban J connectivity index is 1.46. The van der Waals surface area contributed by atoms with Gasteiger partial charge in [0.05, 0.1) is 36.3 Å². The smallest absolute Gasteiger partial charge is 0.263 e. The number of methoxy groups -OCH3 is 1. The number of hydrazone groups is 1. The number of hydrogen-bond acceptors (Lipinski definition) is 6. The van der Waals surface area contributed by atoms with Crippen LogP contribution in [0.3, 0.4) is 0 Å². The van der Waals surface area contributed by atoms with Crippen LogP contribution in [0.5, 0.6) is 5.75 Å². The number of amides is 1. The molecule has 2 aromatic heterocycles. The predicted molar refractivity (Wildman–Crippen MR) is 118 cm³/mol. The predicted octanol–water partition coefficient (Wildman–Crippen LogP) is 3.52. The van der Waals surface area contributed by atoms with Gasteiger partial charge in [-0.3, -0.25) is 14.2 Å². The van der Waals surface area contributed by atoms with E-state index in [4.69, 9.17) is 9.15 Å². The third-order valence-corrected chi connectivity index (χ3v) is 5.55. The first-order valence-corrected chi connectivity index (χ1v) is 10.3. The van der Waals surface area contributed by atoms with Crippen LogP contribution < -0.4 is 10.3 Å². The summed E-state index contributed by atoms with van der Waals surface area (Å²) in [5, 5.41) is 6.15. The zero-order valence-electron chi connectivity index (χ0n) is 17.6. The number of rotatable bonds is 5. The van der Waals surface area contributed by atoms with Crippen molar-refractivity contribution < 1.29 is 18.3 Å². The first kappa shape index (κ1) is 20.6. The van der Waals surface area contributed by atoms with Gasteiger partial charge in [-0.05, 0) is 54.1 Å². The first-order chi connectivity index (χ1) is 16.0. The lowest BCUT2D eigenvalue weighted by Gasteiger charge is -2.20. The minimum absolute atomic E-state index is 0.234. The number of ether oxygens (including phenoxy) is 1. The summed E-state index contributed by atoms with van der Waals surface area (Å²) >= 11 is 0. The van der Waals surface area contributed by atoms with Crippen molar-refractivity contribution in [1.29, 1.82) is 0 Å². The molecule has 0 radical (unpaired) electrons. The van der Waals surface area contributed by atoms with Crippen LogP contribution in [-0.2, 0) is 11.3 Å². The average molecular weight is 446 g/mol. The zero-order valence-corrected chi connectivity index (χ0v) is 17.6. The van der Waals surface area contributed by atoms with Gasteiger partial charge >= 0.3 is 0 Å². The Kier molecular flexibility index (Phi) is 5.21. The maximum absolute atomic E-state index is 13.4. The summed E-state index contributed by atoms with van der Waals surface area (Å²) in [6.07, 6.45) is 3.24. The van der Waals surface area contributed by atoms with Crippen LogP contribution in [0.2, 0.25) is 0 Å². The molecule has 166 valence electrons. The summed E-state index contributed by atoms with van der Waals surface area (Å²) in [6, 6.07) is 14.2. The molecule has 0 saturated carbocycles. The van der Waals surface area contributed by atoms with E-state index in [1.807, 2.05) is 24.3 Å². The van der Waals surface area contributed by atoms with Crippen molar-refractivity contribution in [2.24, 2.45) is 5.10 Å². The summed E-state index contributed by atoms with van der Waals surface area (Å²) in [4.78, 5) is 30.2. The summed E-state index contributed by atoms with van der Waals surface area (Å²) in [7, 11) is 1.59. The summed E-state index contributed by atoms with van der Waals surface area (Å²) < 4.78 is 25.4. The quantitative estimate of drug-likeness (QED) is 0.468. The minimum Gasteiger partial charge on any atom is -0.497 e. The number of hydrogen-bond donors (Lipinski definition) is 0. The molecule has 33 heavy (non-hydrogen) atoms. The number of carbonyl (C=O) groups is 1. The van der Waals surface area contributed by atoms with Crippen LogP contribution in [-0.4, -0.2) is 33.3 Å². The van der Waals surface area contributed by atoms with E-state index in [0.717, 1.165) is 11.3 Å². The van der Waals surface area contributed by atoms with E-state index >= 15 is 0 Å². The van der Waals surface area contributed by atoms with Gasteiger partial charge in [0.25, 0.3) is 11.5 Å². The Morgan fingerprint density at radius 1 is 1.21 bits per heavy atom. The molecule has 0 aliphatic carbocycles. The second-order valence-corrected chi connectivity index (χ2v) is 7.59. The zero-order chi connectivity index (χ0) is 22.9. The number of carbonyl (C=O) groups excluding carboxylic acids is 1. The van der Waals surface area contributed by atoms with E-state index in [1.54, 1.807) is 25.5 Å². The molecule has 0 saturated heterocycles. The summed E-state index contributed by atoms with van der Waals surface area (Å²) in [6.45, 7) is -0.268. The highest BCUT2D eigenvalue weighted by atomic mass is 19.1. The van der Waals surface area contributed by atoms with Crippen LogP contribution >= 0.6 is 0 Å². The number of benzene rings is 2. The van der Waals surface area contributed by atoms with Crippen molar-refractivity contribution in [3.05, 3.63) is 94.7 Å². The Morgan fingerprint density at radius 2 is 2.03 bits per heavy atom. The van der Waals surface area contributed by atoms with Crippen LogP contribution in [0.1, 0.15) is 23.8 Å². The number of halogens is 1. The van der Waals surface area contributed by atoms with E-state index in [-0.39, 0.29) is 17.4 Å². The summed E-state index contributed by atoms with van der Waals surface area (Å²) in [5.41, 5.74) is 1.38. The van der Waals surface area contributed by atoms with E-state index < -0.39 is 23.3 Å². The lowest BCUT2D eigenvalue weighted by Crippen LogP contribution is -2.34. The Labute approximate surface area is 187 Å². The molecule has 3 heterocycles. The average Bonchev–Trinajstić information content (AvgIpc) is 3.51. The fraction of sp³-hybridized carbons (Fsp3) is 0.167. The van der Waals surface area contributed by atoms with Gasteiger partial charge in [-0.2, -0.15) is 5.10 Å². The van der Waals surface area contributed by atoms with E-state index in [1.165, 1.54) is 34.1 Å². The molecule has 1 atom stereocenters. The highest BCUT2D eigenvalue weighted by molar-refractivity contribution is 6.03. The minimum atomic E-state index is -0.484. The van der Waals surface area contributed by atoms with Gasteiger partial charge in [-0.1, -0.05) is 0 Å². The molecular formula is C24H19FN4O4. The molecule has 0 N–H and O–H groups in total. The molecule has 4 aromatic rings. The molecule has 0 fully saturated rings. The lowest BCUT2D eigenvalue weighted by molar-refractivity contribution is -0.134.